The number of sulfonamides is 1. The van der Waals surface area contributed by atoms with E-state index in [1.165, 1.54) is 9.59 Å². The van der Waals surface area contributed by atoms with Gasteiger partial charge in [0, 0.05) is 77.1 Å². The quantitative estimate of drug-likeness (QED) is 0.217. The Hall–Kier alpha value is -7.17. The van der Waals surface area contributed by atoms with Crippen molar-refractivity contribution in [1.29, 1.82) is 0 Å². The number of allylic oxidation sites excluding steroid dienone is 4. The molecule has 3 aliphatic carbocycles. The second-order valence-corrected chi connectivity index (χ2v) is 23.6. The van der Waals surface area contributed by atoms with Crippen LogP contribution in [0.1, 0.15) is 102 Å². The van der Waals surface area contributed by atoms with Gasteiger partial charge in [-0.3, -0.25) is 23.9 Å². The van der Waals surface area contributed by atoms with Crippen LogP contribution in [0.3, 0.4) is 0 Å². The van der Waals surface area contributed by atoms with Gasteiger partial charge in [0.2, 0.25) is 27.6 Å². The van der Waals surface area contributed by atoms with E-state index in [0.717, 1.165) is 49.7 Å². The molecule has 0 unspecified atom stereocenters. The number of amides is 5. The van der Waals surface area contributed by atoms with Crippen LogP contribution in [0.15, 0.2) is 85.0 Å². The number of aliphatic carboxylic acids is 1. The SMILES string of the molecule is CN1CCCC/C=C\[C@H]2C[C@]2(C(=O)NS(=O)(=O)C2CC2)CC(=O)[C@@H]2C[C@@H](n3nnc(-c4ccccc4)n3)CN2C1=O.CN1CCCC/C=C\[C@H]2C[C@]2(C(=O)O)CC(=O)[C@@H]2C[C@@H](n3nnc(-c4ccccc4)n3)CN2C1=O. The number of hydrogen-bond acceptors (Lipinski definition) is 14. The monoisotopic (exact) mass is 1060 g/mol. The zero-order valence-corrected chi connectivity index (χ0v) is 43.7. The maximum atomic E-state index is 13.9. The smallest absolute Gasteiger partial charge is 0.320 e. The number of rotatable bonds is 8. The predicted molar refractivity (Wildman–Crippen MR) is 275 cm³/mol. The molecular formula is C53H65N13O9S. The molecule has 11 rings (SSSR count). The minimum atomic E-state index is -3.76. The van der Waals surface area contributed by atoms with Gasteiger partial charge in [-0.05, 0) is 86.5 Å². The summed E-state index contributed by atoms with van der Waals surface area (Å²) >= 11 is 0. The van der Waals surface area contributed by atoms with Gasteiger partial charge in [-0.15, -0.1) is 20.4 Å². The van der Waals surface area contributed by atoms with E-state index in [2.05, 4.69) is 35.5 Å². The first-order chi connectivity index (χ1) is 36.6. The molecule has 7 aliphatic rings. The van der Waals surface area contributed by atoms with Crippen LogP contribution in [-0.2, 0) is 29.2 Å². The van der Waals surface area contributed by atoms with Crippen LogP contribution in [0.5, 0.6) is 0 Å². The van der Waals surface area contributed by atoms with Crippen LogP contribution in [0.25, 0.3) is 22.8 Å². The topological polar surface area (TPSA) is 269 Å². The van der Waals surface area contributed by atoms with Crippen LogP contribution in [0.2, 0.25) is 0 Å². The number of carbonyl (C=O) groups excluding carboxylic acids is 5. The Morgan fingerprint density at radius 3 is 1.55 bits per heavy atom. The lowest BCUT2D eigenvalue weighted by Crippen LogP contribution is -2.48. The summed E-state index contributed by atoms with van der Waals surface area (Å²) in [5, 5.41) is 35.3. The number of hydrogen-bond donors (Lipinski definition) is 2. The van der Waals surface area contributed by atoms with Gasteiger partial charge in [0.25, 0.3) is 0 Å². The molecule has 2 aromatic heterocycles. The lowest BCUT2D eigenvalue weighted by molar-refractivity contribution is -0.146. The largest absolute Gasteiger partial charge is 0.481 e. The van der Waals surface area contributed by atoms with E-state index in [9.17, 15) is 42.3 Å². The maximum absolute atomic E-state index is 13.9. The van der Waals surface area contributed by atoms with Crippen molar-refractivity contribution < 1.29 is 42.3 Å². The van der Waals surface area contributed by atoms with Crippen LogP contribution in [0, 0.1) is 22.7 Å². The minimum Gasteiger partial charge on any atom is -0.481 e. The summed E-state index contributed by atoms with van der Waals surface area (Å²) in [6, 6.07) is 16.2. The number of benzene rings is 2. The molecule has 8 atom stereocenters. The molecule has 22 nitrogen and oxygen atoms in total. The van der Waals surface area contributed by atoms with Crippen LogP contribution in [-0.4, -0.2) is 167 Å². The molecule has 402 valence electrons. The van der Waals surface area contributed by atoms with Crippen molar-refractivity contribution in [1.82, 2.24) is 64.7 Å². The van der Waals surface area contributed by atoms with Crippen molar-refractivity contribution in [3.63, 3.8) is 0 Å². The van der Waals surface area contributed by atoms with Gasteiger partial charge < -0.3 is 24.7 Å². The number of carbonyl (C=O) groups is 6. The Morgan fingerprint density at radius 2 is 1.09 bits per heavy atom. The van der Waals surface area contributed by atoms with Gasteiger partial charge >= 0.3 is 18.0 Å². The number of aromatic nitrogens is 8. The van der Waals surface area contributed by atoms with Crippen LogP contribution >= 0.6 is 0 Å². The van der Waals surface area contributed by atoms with Crippen molar-refractivity contribution >= 4 is 45.5 Å². The third kappa shape index (κ3) is 10.9. The molecule has 2 saturated heterocycles. The maximum Gasteiger partial charge on any atom is 0.320 e. The summed E-state index contributed by atoms with van der Waals surface area (Å²) in [7, 11) is -0.281. The number of tetrazole rings is 2. The normalized spacial score (nSPS) is 30.1. The first-order valence-corrected chi connectivity index (χ1v) is 28.0. The summed E-state index contributed by atoms with van der Waals surface area (Å²) in [5.41, 5.74) is -0.560. The summed E-state index contributed by atoms with van der Waals surface area (Å²) in [6.45, 7) is 1.65. The summed E-state index contributed by atoms with van der Waals surface area (Å²) in [5.74, 6) is -1.46. The molecule has 0 spiro atoms. The number of carboxylic acid groups (broad SMARTS) is 1. The highest BCUT2D eigenvalue weighted by Gasteiger charge is 2.63. The predicted octanol–water partition coefficient (Wildman–Crippen LogP) is 5.12. The van der Waals surface area contributed by atoms with E-state index in [1.807, 2.05) is 85.0 Å². The first-order valence-electron chi connectivity index (χ1n) is 26.5. The zero-order chi connectivity index (χ0) is 53.4. The Bertz CT molecular complexity index is 3020. The lowest BCUT2D eigenvalue weighted by Gasteiger charge is -2.29. The molecule has 6 heterocycles. The van der Waals surface area contributed by atoms with Crippen LogP contribution < -0.4 is 4.72 Å². The molecule has 5 fully saturated rings. The molecule has 2 N–H and O–H groups in total. The second-order valence-electron chi connectivity index (χ2n) is 21.7. The molecule has 3 saturated carbocycles. The Labute approximate surface area is 441 Å². The standard InChI is InChI=1S/C28H35N7O5S.C25H30N6O4/c1-33-14-8-3-2-7-11-20-16-28(20,26(37)31-41(39,40)22-12-13-22)17-24(36)23-15-21(18-34(23)27(33)38)35-30-25(29-32-35)19-9-5-4-6-10-19;1-29-12-8-3-2-7-11-18-14-25(18,23(33)34)15-21(32)20-13-19(16-30(20)24(29)35)31-27-22(26-28-31)17-9-5-4-6-10-17/h4-7,9-11,20-23H,2-3,8,12-18H2,1H3,(H,31,37);4-7,9-11,18-20H,2-3,8,12-16H2,1H3,(H,33,34)/b2*11-7-/t20-,21+,23-,28-;18-,19+,20-,25-/m00/s1. The van der Waals surface area contributed by atoms with Crippen molar-refractivity contribution in [2.24, 2.45) is 22.7 Å². The second kappa shape index (κ2) is 21.5. The number of nitrogens with zero attached hydrogens (tertiary/aromatic N) is 12. The molecule has 5 amide bonds. The fourth-order valence-electron chi connectivity index (χ4n) is 11.3. The molecule has 2 aromatic carbocycles. The molecule has 0 radical (unpaired) electrons. The minimum absolute atomic E-state index is 0.0811. The van der Waals surface area contributed by atoms with Crippen LogP contribution in [0.4, 0.5) is 9.59 Å². The van der Waals surface area contributed by atoms with Crippen molar-refractivity contribution in [3.8, 4) is 22.8 Å². The highest BCUT2D eigenvalue weighted by molar-refractivity contribution is 7.90. The zero-order valence-electron chi connectivity index (χ0n) is 42.8. The van der Waals surface area contributed by atoms with Gasteiger partial charge in [0.15, 0.2) is 11.6 Å². The Morgan fingerprint density at radius 1 is 0.645 bits per heavy atom. The van der Waals surface area contributed by atoms with Crippen molar-refractivity contribution in [3.05, 3.63) is 85.0 Å². The van der Waals surface area contributed by atoms with Gasteiger partial charge in [0.1, 0.15) is 0 Å². The van der Waals surface area contributed by atoms with E-state index < -0.39 is 50.1 Å². The molecule has 4 aromatic rings. The van der Waals surface area contributed by atoms with Crippen molar-refractivity contribution in [2.45, 2.75) is 119 Å². The fraction of sp³-hybridized carbons (Fsp3) is 0.547. The Kier molecular flexibility index (Phi) is 14.8. The average Bonchev–Trinajstić information content (AvgIpc) is 4.39. The van der Waals surface area contributed by atoms with E-state index in [1.54, 1.807) is 33.7 Å². The molecule has 76 heavy (non-hydrogen) atoms. The third-order valence-corrected chi connectivity index (χ3v) is 18.1. The van der Waals surface area contributed by atoms with Gasteiger partial charge in [-0.1, -0.05) is 85.0 Å². The van der Waals surface area contributed by atoms with Gasteiger partial charge in [-0.2, -0.15) is 9.59 Å². The molecule has 23 heteroatoms. The van der Waals surface area contributed by atoms with E-state index in [0.29, 0.717) is 56.8 Å². The number of fused-ring (bicyclic) bond motifs is 4. The number of urea groups is 2. The van der Waals surface area contributed by atoms with E-state index in [4.69, 9.17) is 0 Å². The summed E-state index contributed by atoms with van der Waals surface area (Å²) in [6.07, 6.45) is 15.3. The van der Waals surface area contributed by atoms with E-state index in [-0.39, 0.29) is 79.9 Å². The number of ketones is 2. The lowest BCUT2D eigenvalue weighted by atomic mass is 9.91. The highest BCUT2D eigenvalue weighted by Crippen LogP contribution is 2.58. The summed E-state index contributed by atoms with van der Waals surface area (Å²) in [4.78, 5) is 89.3. The first kappa shape index (κ1) is 52.3. The fourth-order valence-corrected chi connectivity index (χ4v) is 12.7. The molecule has 4 aliphatic heterocycles. The van der Waals surface area contributed by atoms with Crippen molar-refractivity contribution in [2.75, 3.05) is 40.3 Å². The Balaban J connectivity index is 0.000000175. The number of nitrogens with one attached hydrogen (secondary N) is 1. The molecular weight excluding hydrogens is 995 g/mol. The third-order valence-electron chi connectivity index (χ3n) is 16.3. The number of carboxylic acids is 1. The van der Waals surface area contributed by atoms with E-state index >= 15 is 0 Å². The summed E-state index contributed by atoms with van der Waals surface area (Å²) < 4.78 is 27.5. The van der Waals surface area contributed by atoms with Gasteiger partial charge in [0.05, 0.1) is 40.2 Å². The highest BCUT2D eigenvalue weighted by atomic mass is 32.2. The number of Topliss-reactive ketones (excluding diaryl/α,β-unsaturated/α-hetero) is 2. The average molecular weight is 1060 g/mol. The van der Waals surface area contributed by atoms with Gasteiger partial charge in [-0.25, -0.2) is 18.0 Å². The molecule has 0 bridgehead atoms.